The van der Waals surface area contributed by atoms with E-state index in [2.05, 4.69) is 20.8 Å². The van der Waals surface area contributed by atoms with Crippen LogP contribution in [0.4, 0.5) is 5.69 Å². The van der Waals surface area contributed by atoms with Gasteiger partial charge in [0.25, 0.3) is 5.91 Å². The Kier molecular flexibility index (Phi) is 6.44. The van der Waals surface area contributed by atoms with Crippen LogP contribution in [0.25, 0.3) is 11.3 Å². The number of aryl methyl sites for hydroxylation is 1. The molecule has 7 nitrogen and oxygen atoms in total. The van der Waals surface area contributed by atoms with E-state index < -0.39 is 0 Å². The second-order valence-electron chi connectivity index (χ2n) is 8.90. The van der Waals surface area contributed by atoms with E-state index in [0.29, 0.717) is 30.2 Å². The van der Waals surface area contributed by atoms with E-state index in [4.69, 9.17) is 14.2 Å². The summed E-state index contributed by atoms with van der Waals surface area (Å²) in [5, 5.41) is 0. The number of benzene rings is 1. The summed E-state index contributed by atoms with van der Waals surface area (Å²) >= 11 is 3.56. The number of aromatic nitrogens is 1. The zero-order valence-corrected chi connectivity index (χ0v) is 21.5. The standard InChI is InChI=1S/C26H30BrN3O4/c1-28-16-21(27)25(33-3)19-14-18-20(24(19)28)15-30(26(18)31)17-7-8-22(32-2)23(13-17)34-12-11-29-9-5-4-6-10-29/h7-8,13-14,16H,4-6,9-12,15H2,1-3H3. The number of hydrogen-bond donors (Lipinski definition) is 0. The molecule has 0 spiro atoms. The number of hydrogen-bond acceptors (Lipinski definition) is 5. The van der Waals surface area contributed by atoms with Crippen molar-refractivity contribution in [1.29, 1.82) is 0 Å². The molecular formula is C26H30BrN3O4. The summed E-state index contributed by atoms with van der Waals surface area (Å²) in [5.74, 6) is 2.06. The number of pyridine rings is 1. The number of methoxy groups -OCH3 is 2. The topological polar surface area (TPSA) is 56.2 Å². The van der Waals surface area contributed by atoms with E-state index in [9.17, 15) is 4.79 Å². The Bertz CT molecular complexity index is 1190. The first-order valence-corrected chi connectivity index (χ1v) is 12.5. The fourth-order valence-electron chi connectivity index (χ4n) is 5.14. The highest BCUT2D eigenvalue weighted by atomic mass is 79.9. The zero-order chi connectivity index (χ0) is 23.8. The van der Waals surface area contributed by atoms with Crippen molar-refractivity contribution < 1.29 is 19.0 Å². The average Bonchev–Trinajstić information content (AvgIpc) is 3.37. The predicted molar refractivity (Wildman–Crippen MR) is 136 cm³/mol. The Labute approximate surface area is 208 Å². The van der Waals surface area contributed by atoms with Gasteiger partial charge in [-0.25, -0.2) is 0 Å². The van der Waals surface area contributed by atoms with Gasteiger partial charge in [-0.05, 0) is 60.1 Å². The quantitative estimate of drug-likeness (QED) is 0.435. The van der Waals surface area contributed by atoms with E-state index >= 15 is 0 Å². The fraction of sp³-hybridized carbons (Fsp3) is 0.423. The fourth-order valence-corrected chi connectivity index (χ4v) is 5.83. The molecule has 180 valence electrons. The Morgan fingerprint density at radius 3 is 2.53 bits per heavy atom. The molecule has 1 aliphatic carbocycles. The van der Waals surface area contributed by atoms with Gasteiger partial charge in [0.1, 0.15) is 12.4 Å². The molecule has 3 aliphatic heterocycles. The lowest BCUT2D eigenvalue weighted by Gasteiger charge is -2.26. The molecule has 0 radical (unpaired) electrons. The van der Waals surface area contributed by atoms with Crippen molar-refractivity contribution in [3.63, 3.8) is 0 Å². The molecule has 0 aromatic heterocycles. The number of rotatable bonds is 7. The van der Waals surface area contributed by atoms with Gasteiger partial charge < -0.3 is 23.7 Å². The zero-order valence-electron chi connectivity index (χ0n) is 19.9. The van der Waals surface area contributed by atoms with Crippen LogP contribution in [0.5, 0.6) is 17.2 Å². The minimum absolute atomic E-state index is 0.0196. The lowest BCUT2D eigenvalue weighted by Crippen LogP contribution is -2.33. The number of carbonyl (C=O) groups is 1. The molecule has 1 amide bonds. The van der Waals surface area contributed by atoms with Gasteiger partial charge in [-0.15, -0.1) is 0 Å². The van der Waals surface area contributed by atoms with Crippen LogP contribution in [0.1, 0.15) is 35.2 Å². The Hall–Kier alpha value is -2.71. The number of anilines is 1. The van der Waals surface area contributed by atoms with Crippen molar-refractivity contribution >= 4 is 27.5 Å². The van der Waals surface area contributed by atoms with Crippen LogP contribution in [0.3, 0.4) is 0 Å². The van der Waals surface area contributed by atoms with Crippen molar-refractivity contribution in [1.82, 2.24) is 9.47 Å². The molecule has 5 rings (SSSR count). The smallest absolute Gasteiger partial charge is 0.259 e. The minimum Gasteiger partial charge on any atom is -0.495 e. The van der Waals surface area contributed by atoms with Crippen LogP contribution in [0.2, 0.25) is 0 Å². The molecule has 0 bridgehead atoms. The van der Waals surface area contributed by atoms with Crippen molar-refractivity contribution in [2.75, 3.05) is 45.4 Å². The van der Waals surface area contributed by atoms with Crippen LogP contribution < -0.4 is 19.1 Å². The Balaban J connectivity index is 1.39. The highest BCUT2D eigenvalue weighted by Crippen LogP contribution is 2.46. The van der Waals surface area contributed by atoms with Crippen molar-refractivity contribution in [3.05, 3.63) is 46.1 Å². The van der Waals surface area contributed by atoms with E-state index in [-0.39, 0.29) is 5.91 Å². The molecule has 4 aliphatic rings. The van der Waals surface area contributed by atoms with Crippen molar-refractivity contribution in [2.24, 2.45) is 7.05 Å². The lowest BCUT2D eigenvalue weighted by molar-refractivity contribution is 0.0996. The molecular weight excluding hydrogens is 498 g/mol. The van der Waals surface area contributed by atoms with Crippen molar-refractivity contribution in [2.45, 2.75) is 25.8 Å². The van der Waals surface area contributed by atoms with E-state index in [0.717, 1.165) is 52.4 Å². The second-order valence-corrected chi connectivity index (χ2v) is 9.75. The molecule has 1 fully saturated rings. The van der Waals surface area contributed by atoms with Gasteiger partial charge in [0, 0.05) is 48.2 Å². The third-order valence-corrected chi connectivity index (χ3v) is 7.41. The lowest BCUT2D eigenvalue weighted by atomic mass is 10.1. The summed E-state index contributed by atoms with van der Waals surface area (Å²) in [7, 11) is 5.28. The van der Waals surface area contributed by atoms with Crippen LogP contribution in [0, 0.1) is 0 Å². The van der Waals surface area contributed by atoms with Gasteiger partial charge >= 0.3 is 0 Å². The van der Waals surface area contributed by atoms with E-state index in [1.54, 1.807) is 19.1 Å². The Morgan fingerprint density at radius 1 is 1.00 bits per heavy atom. The predicted octanol–water partition coefficient (Wildman–Crippen LogP) is 4.93. The maximum Gasteiger partial charge on any atom is 0.259 e. The normalized spacial score (nSPS) is 16.2. The van der Waals surface area contributed by atoms with Crippen LogP contribution in [-0.4, -0.2) is 55.8 Å². The number of likely N-dealkylation sites (tertiary alicyclic amines) is 1. The maximum absolute atomic E-state index is 13.4. The van der Waals surface area contributed by atoms with Gasteiger partial charge in [-0.3, -0.25) is 9.69 Å². The number of piperidine rings is 1. The summed E-state index contributed by atoms with van der Waals surface area (Å²) in [6.07, 6.45) is 5.80. The third kappa shape index (κ3) is 4.03. The first-order valence-electron chi connectivity index (χ1n) is 11.7. The van der Waals surface area contributed by atoms with Crippen molar-refractivity contribution in [3.8, 4) is 28.5 Å². The molecule has 34 heavy (non-hydrogen) atoms. The number of carbonyl (C=O) groups excluding carboxylic acids is 1. The highest BCUT2D eigenvalue weighted by molar-refractivity contribution is 9.10. The summed E-state index contributed by atoms with van der Waals surface area (Å²) < 4.78 is 20.2. The number of halogens is 1. The third-order valence-electron chi connectivity index (χ3n) is 6.84. The van der Waals surface area contributed by atoms with Crippen LogP contribution in [-0.2, 0) is 13.6 Å². The summed E-state index contributed by atoms with van der Waals surface area (Å²) in [6, 6.07) is 7.65. The van der Waals surface area contributed by atoms with Gasteiger partial charge in [-0.1, -0.05) is 6.42 Å². The van der Waals surface area contributed by atoms with Gasteiger partial charge in [-0.2, -0.15) is 0 Å². The maximum atomic E-state index is 13.4. The number of amides is 1. The molecule has 0 saturated carbocycles. The second kappa shape index (κ2) is 9.50. The first-order chi connectivity index (χ1) is 16.5. The SMILES string of the molecule is COc1ccc(N2Cc3c(cc4c(OC)c(Br)cn(C)c3-4)C2=O)cc1OCCN1CCCCC1. The van der Waals surface area contributed by atoms with Gasteiger partial charge in [0.2, 0.25) is 0 Å². The molecule has 3 heterocycles. The highest BCUT2D eigenvalue weighted by Gasteiger charge is 2.36. The Morgan fingerprint density at radius 2 is 1.79 bits per heavy atom. The molecule has 1 aromatic rings. The molecule has 0 atom stereocenters. The van der Waals surface area contributed by atoms with E-state index in [1.807, 2.05) is 42.1 Å². The molecule has 1 aromatic carbocycles. The summed E-state index contributed by atoms with van der Waals surface area (Å²) in [5.41, 5.74) is 4.48. The average molecular weight is 528 g/mol. The number of fused-ring (bicyclic) bond motifs is 3. The molecule has 0 unspecified atom stereocenters. The van der Waals surface area contributed by atoms with Crippen LogP contribution >= 0.6 is 15.9 Å². The van der Waals surface area contributed by atoms with E-state index in [1.165, 1.54) is 19.3 Å². The van der Waals surface area contributed by atoms with Crippen LogP contribution in [0.15, 0.2) is 34.9 Å². The molecule has 1 saturated heterocycles. The molecule has 8 heteroatoms. The largest absolute Gasteiger partial charge is 0.495 e. The van der Waals surface area contributed by atoms with Gasteiger partial charge in [0.05, 0.1) is 30.9 Å². The minimum atomic E-state index is -0.0196. The summed E-state index contributed by atoms with van der Waals surface area (Å²) in [4.78, 5) is 17.7. The van der Waals surface area contributed by atoms with Gasteiger partial charge in [0.15, 0.2) is 11.5 Å². The summed E-state index contributed by atoms with van der Waals surface area (Å²) in [6.45, 7) is 4.25. The monoisotopic (exact) mass is 527 g/mol. The molecule has 0 N–H and O–H groups in total. The first kappa shape index (κ1) is 23.1. The number of nitrogens with zero attached hydrogens (tertiary/aromatic N) is 3. The number of ether oxygens (including phenoxy) is 3.